The molecule has 0 aliphatic heterocycles. The van der Waals surface area contributed by atoms with E-state index in [1.54, 1.807) is 0 Å². The number of fused-ring (bicyclic) bond motifs is 1. The quantitative estimate of drug-likeness (QED) is 0.814. The monoisotopic (exact) mass is 227 g/mol. The van der Waals surface area contributed by atoms with E-state index < -0.39 is 0 Å². The maximum absolute atomic E-state index is 5.93. The van der Waals surface area contributed by atoms with E-state index in [-0.39, 0.29) is 0 Å². The molecule has 88 valence electrons. The van der Waals surface area contributed by atoms with Crippen LogP contribution in [0.2, 0.25) is 0 Å². The van der Waals surface area contributed by atoms with Gasteiger partial charge < -0.3 is 5.73 Å². The highest BCUT2D eigenvalue weighted by Gasteiger charge is 2.21. The highest BCUT2D eigenvalue weighted by Crippen LogP contribution is 2.31. The molecule has 3 nitrogen and oxygen atoms in total. The van der Waals surface area contributed by atoms with E-state index in [0.717, 1.165) is 36.9 Å². The third-order valence-electron chi connectivity index (χ3n) is 3.70. The van der Waals surface area contributed by atoms with E-state index >= 15 is 0 Å². The predicted molar refractivity (Wildman–Crippen MR) is 68.7 cm³/mol. The first-order chi connectivity index (χ1) is 8.33. The van der Waals surface area contributed by atoms with Gasteiger partial charge in [0.15, 0.2) is 0 Å². The van der Waals surface area contributed by atoms with Crippen LogP contribution in [0.5, 0.6) is 0 Å². The number of benzene rings is 1. The largest absolute Gasteiger partial charge is 0.328 e. The van der Waals surface area contributed by atoms with Crippen molar-refractivity contribution in [3.63, 3.8) is 0 Å². The summed E-state index contributed by atoms with van der Waals surface area (Å²) in [7, 11) is 0. The van der Waals surface area contributed by atoms with Crippen molar-refractivity contribution in [3.05, 3.63) is 36.0 Å². The molecule has 1 saturated carbocycles. The Morgan fingerprint density at radius 2 is 1.76 bits per heavy atom. The molecule has 17 heavy (non-hydrogen) atoms. The van der Waals surface area contributed by atoms with Crippen LogP contribution < -0.4 is 5.73 Å². The second-order valence-electron chi connectivity index (χ2n) is 4.94. The summed E-state index contributed by atoms with van der Waals surface area (Å²) < 4.78 is 0. The Morgan fingerprint density at radius 1 is 1.00 bits per heavy atom. The van der Waals surface area contributed by atoms with Crippen LogP contribution in [-0.2, 0) is 0 Å². The number of aromatic nitrogens is 2. The van der Waals surface area contributed by atoms with Crippen molar-refractivity contribution in [2.24, 2.45) is 5.73 Å². The normalized spacial score (nSPS) is 25.0. The van der Waals surface area contributed by atoms with Gasteiger partial charge in [-0.1, -0.05) is 18.2 Å². The zero-order valence-corrected chi connectivity index (χ0v) is 9.84. The molecular formula is C14H17N3. The van der Waals surface area contributed by atoms with Crippen LogP contribution in [0.25, 0.3) is 10.9 Å². The molecule has 1 aromatic heterocycles. The maximum atomic E-state index is 5.93. The van der Waals surface area contributed by atoms with E-state index in [4.69, 9.17) is 5.73 Å². The van der Waals surface area contributed by atoms with Gasteiger partial charge in [0.1, 0.15) is 0 Å². The SMILES string of the molecule is NC1CCC(c2cc3ccccc3nn2)CC1. The highest BCUT2D eigenvalue weighted by atomic mass is 15.1. The molecule has 3 rings (SSSR count). The van der Waals surface area contributed by atoms with Crippen molar-refractivity contribution >= 4 is 10.9 Å². The fourth-order valence-corrected chi connectivity index (χ4v) is 2.61. The third-order valence-corrected chi connectivity index (χ3v) is 3.70. The van der Waals surface area contributed by atoms with Crippen molar-refractivity contribution in [2.75, 3.05) is 0 Å². The molecule has 0 atom stereocenters. The molecule has 0 spiro atoms. The van der Waals surface area contributed by atoms with Gasteiger partial charge in [-0.05, 0) is 37.8 Å². The van der Waals surface area contributed by atoms with E-state index in [2.05, 4.69) is 22.3 Å². The van der Waals surface area contributed by atoms with Gasteiger partial charge in [-0.25, -0.2) is 0 Å². The third kappa shape index (κ3) is 2.15. The molecule has 3 heteroatoms. The van der Waals surface area contributed by atoms with Crippen LogP contribution in [0.3, 0.4) is 0 Å². The number of hydrogen-bond acceptors (Lipinski definition) is 3. The summed E-state index contributed by atoms with van der Waals surface area (Å²) in [5, 5.41) is 9.85. The van der Waals surface area contributed by atoms with Crippen molar-refractivity contribution in [3.8, 4) is 0 Å². The predicted octanol–water partition coefficient (Wildman–Crippen LogP) is 2.61. The summed E-state index contributed by atoms with van der Waals surface area (Å²) in [6, 6.07) is 10.7. The van der Waals surface area contributed by atoms with Crippen LogP contribution >= 0.6 is 0 Å². The van der Waals surface area contributed by atoms with E-state index in [9.17, 15) is 0 Å². The van der Waals surface area contributed by atoms with Crippen LogP contribution in [0.1, 0.15) is 37.3 Å². The molecule has 1 heterocycles. The van der Waals surface area contributed by atoms with Gasteiger partial charge in [0.2, 0.25) is 0 Å². The van der Waals surface area contributed by atoms with E-state index in [1.807, 2.05) is 18.2 Å². The maximum Gasteiger partial charge on any atom is 0.0929 e. The lowest BCUT2D eigenvalue weighted by molar-refractivity contribution is 0.389. The molecule has 1 aliphatic rings. The Kier molecular flexibility index (Phi) is 2.77. The van der Waals surface area contributed by atoms with Crippen LogP contribution in [-0.4, -0.2) is 16.2 Å². The smallest absolute Gasteiger partial charge is 0.0929 e. The Hall–Kier alpha value is -1.48. The van der Waals surface area contributed by atoms with E-state index in [0.29, 0.717) is 12.0 Å². The average molecular weight is 227 g/mol. The molecule has 0 radical (unpaired) electrons. The summed E-state index contributed by atoms with van der Waals surface area (Å²) >= 11 is 0. The van der Waals surface area contributed by atoms with Gasteiger partial charge in [-0.15, -0.1) is 0 Å². The summed E-state index contributed by atoms with van der Waals surface area (Å²) in [6.07, 6.45) is 4.51. The Bertz CT molecular complexity index is 516. The zero-order valence-electron chi connectivity index (χ0n) is 9.84. The number of rotatable bonds is 1. The van der Waals surface area contributed by atoms with Crippen LogP contribution in [0, 0.1) is 0 Å². The Morgan fingerprint density at radius 3 is 2.59 bits per heavy atom. The number of hydrogen-bond donors (Lipinski definition) is 1. The zero-order chi connectivity index (χ0) is 11.7. The van der Waals surface area contributed by atoms with Crippen LogP contribution in [0.15, 0.2) is 30.3 Å². The molecule has 2 aromatic rings. The summed E-state index contributed by atoms with van der Waals surface area (Å²) in [5.74, 6) is 0.548. The van der Waals surface area contributed by atoms with Crippen LogP contribution in [0.4, 0.5) is 0 Å². The Balaban J connectivity index is 1.90. The second-order valence-corrected chi connectivity index (χ2v) is 4.94. The first kappa shape index (κ1) is 10.7. The molecule has 1 aromatic carbocycles. The summed E-state index contributed by atoms with van der Waals surface area (Å²) in [5.41, 5.74) is 8.04. The van der Waals surface area contributed by atoms with E-state index in [1.165, 1.54) is 5.39 Å². The van der Waals surface area contributed by atoms with Gasteiger partial charge in [0.25, 0.3) is 0 Å². The van der Waals surface area contributed by atoms with Crippen molar-refractivity contribution in [2.45, 2.75) is 37.6 Å². The summed E-state index contributed by atoms with van der Waals surface area (Å²) in [6.45, 7) is 0. The molecule has 1 aliphatic carbocycles. The topological polar surface area (TPSA) is 51.8 Å². The number of nitrogens with zero attached hydrogens (tertiary/aromatic N) is 2. The minimum atomic E-state index is 0.389. The van der Waals surface area contributed by atoms with Crippen molar-refractivity contribution in [1.29, 1.82) is 0 Å². The minimum absolute atomic E-state index is 0.389. The first-order valence-electron chi connectivity index (χ1n) is 6.31. The fourth-order valence-electron chi connectivity index (χ4n) is 2.61. The molecule has 1 fully saturated rings. The Labute approximate surface area is 101 Å². The highest BCUT2D eigenvalue weighted by molar-refractivity contribution is 5.77. The lowest BCUT2D eigenvalue weighted by Gasteiger charge is -2.25. The standard InChI is InChI=1S/C14H17N3/c15-12-7-5-10(6-8-12)14-9-11-3-1-2-4-13(11)16-17-14/h1-4,9-10,12H,5-8,15H2. The fraction of sp³-hybridized carbons (Fsp3) is 0.429. The van der Waals surface area contributed by atoms with Gasteiger partial charge in [0.05, 0.1) is 11.2 Å². The second kappa shape index (κ2) is 4.41. The first-order valence-corrected chi connectivity index (χ1v) is 6.31. The average Bonchev–Trinajstić information content (AvgIpc) is 2.39. The lowest BCUT2D eigenvalue weighted by atomic mass is 9.84. The lowest BCUT2D eigenvalue weighted by Crippen LogP contribution is -2.26. The molecule has 2 N–H and O–H groups in total. The minimum Gasteiger partial charge on any atom is -0.328 e. The van der Waals surface area contributed by atoms with Crippen molar-refractivity contribution < 1.29 is 0 Å². The van der Waals surface area contributed by atoms with Gasteiger partial charge in [-0.3, -0.25) is 0 Å². The molecular weight excluding hydrogens is 210 g/mol. The van der Waals surface area contributed by atoms with Crippen molar-refractivity contribution in [1.82, 2.24) is 10.2 Å². The van der Waals surface area contributed by atoms with Gasteiger partial charge in [0, 0.05) is 17.3 Å². The molecule has 0 unspecified atom stereocenters. The summed E-state index contributed by atoms with van der Waals surface area (Å²) in [4.78, 5) is 0. The number of nitrogens with two attached hydrogens (primary N) is 1. The molecule has 0 bridgehead atoms. The van der Waals surface area contributed by atoms with Gasteiger partial charge >= 0.3 is 0 Å². The molecule has 0 amide bonds. The van der Waals surface area contributed by atoms with Gasteiger partial charge in [-0.2, -0.15) is 10.2 Å². The molecule has 0 saturated heterocycles.